The van der Waals surface area contributed by atoms with Gasteiger partial charge in [0.15, 0.2) is 0 Å². The van der Waals surface area contributed by atoms with Crippen molar-refractivity contribution in [1.82, 2.24) is 0 Å². The average molecular weight is 889 g/mol. The maximum Gasteiger partial charge on any atom is 0.0782 e. The molecule has 0 saturated heterocycles. The zero-order valence-corrected chi connectivity index (χ0v) is 44.2. The first-order chi connectivity index (χ1) is 27.7. The second-order valence-corrected chi connectivity index (χ2v) is 19.9. The van der Waals surface area contributed by atoms with Gasteiger partial charge in [0.2, 0.25) is 0 Å². The molecule has 0 rings (SSSR count). The number of unbranched alkanes of at least 4 members (excludes halogenated alkanes) is 35. The van der Waals surface area contributed by atoms with E-state index in [0.717, 1.165) is 6.42 Å². The van der Waals surface area contributed by atoms with Gasteiger partial charge in [-0.05, 0) is 38.5 Å². The minimum Gasteiger partial charge on any atom is -1.00 e. The van der Waals surface area contributed by atoms with E-state index in [1.54, 1.807) is 0 Å². The summed E-state index contributed by atoms with van der Waals surface area (Å²) >= 11 is 0. The van der Waals surface area contributed by atoms with Gasteiger partial charge < -0.3 is 31.7 Å². The summed E-state index contributed by atoms with van der Waals surface area (Å²) in [6.07, 6.45) is 57.0. The minimum absolute atomic E-state index is 0. The Morgan fingerprint density at radius 2 is 0.397 bits per heavy atom. The Balaban J connectivity index is -0.000000375. The van der Waals surface area contributed by atoms with Gasteiger partial charge in [0.05, 0.1) is 54.4 Å². The van der Waals surface area contributed by atoms with Crippen molar-refractivity contribution in [1.29, 1.82) is 0 Å². The highest BCUT2D eigenvalue weighted by Crippen LogP contribution is 2.15. The van der Waals surface area contributed by atoms with Crippen LogP contribution in [0.15, 0.2) is 0 Å². The Morgan fingerprint density at radius 1 is 0.224 bits per heavy atom. The number of hydrogen-bond acceptors (Lipinski definition) is 0. The fourth-order valence-electron chi connectivity index (χ4n) is 8.52. The van der Waals surface area contributed by atoms with Gasteiger partial charge in [-0.2, -0.15) is 6.54 Å². The average Bonchev–Trinajstić information content (AvgIpc) is 3.18. The summed E-state index contributed by atoms with van der Waals surface area (Å²) in [5, 5.41) is 0. The number of halogens is 1. The zero-order chi connectivity index (χ0) is 42.8. The molecule has 3 nitrogen and oxygen atoms in total. The van der Waals surface area contributed by atoms with Crippen molar-refractivity contribution in [2.75, 3.05) is 60.9 Å². The highest BCUT2D eigenvalue weighted by Gasteiger charge is 2.13. The second kappa shape index (κ2) is 55.4. The molecule has 0 aromatic heterocycles. The summed E-state index contributed by atoms with van der Waals surface area (Å²) in [5.41, 5.74) is 7.06. The van der Waals surface area contributed by atoms with Crippen molar-refractivity contribution in [3.8, 4) is 0 Å². The predicted octanol–water partition coefficient (Wildman–Crippen LogP) is 15.9. The van der Waals surface area contributed by atoms with E-state index in [2.05, 4.69) is 62.8 Å². The summed E-state index contributed by atoms with van der Waals surface area (Å²) in [6.45, 7) is 17.5. The molecule has 1 N–H and O–H groups in total. The molecule has 0 amide bonds. The number of rotatable bonds is 44. The number of nitrogens with zero attached hydrogens (tertiary/aromatic N) is 2. The van der Waals surface area contributed by atoms with Crippen LogP contribution in [0.3, 0.4) is 0 Å². The number of nitrogens with one attached hydrogen (secondary N) is 1. The van der Waals surface area contributed by atoms with E-state index in [4.69, 9.17) is 5.73 Å². The van der Waals surface area contributed by atoms with Crippen LogP contribution in [0.4, 0.5) is 0 Å². The Bertz CT molecular complexity index is 625. The van der Waals surface area contributed by atoms with Gasteiger partial charge >= 0.3 is 0 Å². The molecule has 0 unspecified atom stereocenters. The summed E-state index contributed by atoms with van der Waals surface area (Å²) < 4.78 is 2.43. The summed E-state index contributed by atoms with van der Waals surface area (Å²) in [5.74, 6) is 0. The standard InChI is InChI=1S/2C19H42N.C16H34N.BrH/c2*1-5-7-8-9-10-11-12-13-14-15-16-17-19-20(3,4)18-6-2;1-2-3-4-5-6-7-8-9-10-11-12-13-14-15-16-17;/h2*5-19H2,1-4H3;17H,2-16H2,1H3;1H/q2*+1;-1;/p-1. The third-order valence-corrected chi connectivity index (χ3v) is 12.4. The van der Waals surface area contributed by atoms with Crippen molar-refractivity contribution >= 4 is 0 Å². The van der Waals surface area contributed by atoms with Crippen molar-refractivity contribution < 1.29 is 25.9 Å². The van der Waals surface area contributed by atoms with Crippen LogP contribution in [0.5, 0.6) is 0 Å². The third kappa shape index (κ3) is 63.0. The lowest BCUT2D eigenvalue weighted by Gasteiger charge is -2.29. The van der Waals surface area contributed by atoms with Gasteiger partial charge in [0.25, 0.3) is 0 Å². The van der Waals surface area contributed by atoms with Crippen LogP contribution >= 0.6 is 0 Å². The molecule has 0 bridgehead atoms. The Labute approximate surface area is 382 Å². The van der Waals surface area contributed by atoms with E-state index in [1.165, 1.54) is 286 Å². The van der Waals surface area contributed by atoms with Crippen LogP contribution < -0.4 is 17.0 Å². The minimum atomic E-state index is 0. The van der Waals surface area contributed by atoms with Gasteiger partial charge in [-0.25, -0.2) is 0 Å². The molecule has 0 fully saturated rings. The van der Waals surface area contributed by atoms with Crippen molar-refractivity contribution in [3.05, 3.63) is 5.73 Å². The number of quaternary nitrogens is 2. The van der Waals surface area contributed by atoms with Gasteiger partial charge in [0.1, 0.15) is 0 Å². The van der Waals surface area contributed by atoms with Gasteiger partial charge in [-0.15, -0.1) is 0 Å². The van der Waals surface area contributed by atoms with Gasteiger partial charge in [-0.1, -0.05) is 253 Å². The molecule has 356 valence electrons. The fraction of sp³-hybridized carbons (Fsp3) is 1.00. The van der Waals surface area contributed by atoms with Crippen LogP contribution in [0, 0.1) is 0 Å². The molecule has 0 aromatic rings. The molecule has 0 aliphatic heterocycles. The lowest BCUT2D eigenvalue weighted by atomic mass is 10.0. The molecule has 0 aliphatic carbocycles. The van der Waals surface area contributed by atoms with Crippen molar-refractivity contribution in [2.24, 2.45) is 0 Å². The molecule has 0 spiro atoms. The summed E-state index contributed by atoms with van der Waals surface area (Å²) in [7, 11) is 9.51. The zero-order valence-electron chi connectivity index (χ0n) is 42.6. The first-order valence-corrected chi connectivity index (χ1v) is 26.9. The van der Waals surface area contributed by atoms with Crippen molar-refractivity contribution in [3.63, 3.8) is 0 Å². The quantitative estimate of drug-likeness (QED) is 0.0430. The molecule has 0 heterocycles. The molecule has 0 saturated carbocycles. The van der Waals surface area contributed by atoms with E-state index in [1.807, 2.05) is 0 Å². The maximum absolute atomic E-state index is 7.06. The molecule has 0 aromatic carbocycles. The van der Waals surface area contributed by atoms with Crippen molar-refractivity contribution in [2.45, 2.75) is 291 Å². The first-order valence-electron chi connectivity index (χ1n) is 26.9. The predicted molar refractivity (Wildman–Crippen MR) is 266 cm³/mol. The molecule has 0 radical (unpaired) electrons. The first kappa shape index (κ1) is 65.0. The largest absolute Gasteiger partial charge is 1.00 e. The second-order valence-electron chi connectivity index (χ2n) is 19.9. The smallest absolute Gasteiger partial charge is 0.0782 e. The van der Waals surface area contributed by atoms with E-state index < -0.39 is 0 Å². The molecular formula is C54H118BrN3. The van der Waals surface area contributed by atoms with Gasteiger partial charge in [-0.3, -0.25) is 0 Å². The maximum atomic E-state index is 7.06. The lowest BCUT2D eigenvalue weighted by Crippen LogP contribution is -3.00. The van der Waals surface area contributed by atoms with E-state index in [0.29, 0.717) is 6.54 Å². The van der Waals surface area contributed by atoms with Crippen LogP contribution in [0.2, 0.25) is 0 Å². The molecular weight excluding hydrogens is 771 g/mol. The van der Waals surface area contributed by atoms with Crippen LogP contribution in [-0.2, 0) is 0 Å². The summed E-state index contributed by atoms with van der Waals surface area (Å²) in [6, 6.07) is 0. The Morgan fingerprint density at radius 3 is 0.569 bits per heavy atom. The topological polar surface area (TPSA) is 23.8 Å². The van der Waals surface area contributed by atoms with Crippen LogP contribution in [0.1, 0.15) is 291 Å². The Kier molecular flexibility index (Phi) is 62.0. The van der Waals surface area contributed by atoms with E-state index in [9.17, 15) is 0 Å². The normalized spacial score (nSPS) is 11.5. The van der Waals surface area contributed by atoms with Crippen LogP contribution in [-0.4, -0.2) is 69.9 Å². The molecule has 4 heteroatoms. The highest BCUT2D eigenvalue weighted by molar-refractivity contribution is 4.54. The molecule has 0 atom stereocenters. The van der Waals surface area contributed by atoms with E-state index in [-0.39, 0.29) is 17.0 Å². The molecule has 58 heavy (non-hydrogen) atoms. The third-order valence-electron chi connectivity index (χ3n) is 12.4. The fourth-order valence-corrected chi connectivity index (χ4v) is 8.52. The highest BCUT2D eigenvalue weighted by atomic mass is 79.9. The van der Waals surface area contributed by atoms with Gasteiger partial charge in [0, 0.05) is 0 Å². The van der Waals surface area contributed by atoms with E-state index >= 15 is 0 Å². The molecule has 0 aliphatic rings. The SMILES string of the molecule is CCCCCCCCCCCCCCCC[NH-].CCCCCCCCCCCCCC[N+](C)(C)CCC.CCCCCCCCCCCCCC[N+](C)(C)CCC.[Br-]. The lowest BCUT2D eigenvalue weighted by molar-refractivity contribution is -0.890. The van der Waals surface area contributed by atoms with Crippen LogP contribution in [0.25, 0.3) is 5.73 Å². The summed E-state index contributed by atoms with van der Waals surface area (Å²) in [4.78, 5) is 0. The Hall–Kier alpha value is 0.360. The number of hydrogen-bond donors (Lipinski definition) is 0. The monoisotopic (exact) mass is 888 g/mol.